The number of nitrogens with one attached hydrogen (secondary N) is 1. The van der Waals surface area contributed by atoms with E-state index in [2.05, 4.69) is 10.2 Å². The molecule has 0 aromatic heterocycles. The van der Waals surface area contributed by atoms with Crippen molar-refractivity contribution < 1.29 is 19.4 Å². The summed E-state index contributed by atoms with van der Waals surface area (Å²) in [7, 11) is 0. The Labute approximate surface area is 222 Å². The van der Waals surface area contributed by atoms with Gasteiger partial charge in [0.05, 0.1) is 16.8 Å². The van der Waals surface area contributed by atoms with Crippen molar-refractivity contribution in [2.75, 3.05) is 23.3 Å². The highest BCUT2D eigenvalue weighted by molar-refractivity contribution is 6.09. The molecule has 0 radical (unpaired) electrons. The Morgan fingerprint density at radius 1 is 0.763 bits per heavy atom. The van der Waals surface area contributed by atoms with E-state index >= 15 is 0 Å². The molecule has 5 rings (SSSR count). The van der Waals surface area contributed by atoms with Gasteiger partial charge in [-0.1, -0.05) is 66.7 Å². The standard InChI is InChI=1S/C32H30N2O4/c35-31(33-29-20-25(14-16-27(29)32(36)37)24-12-6-2-7-13-24)28-17-15-26(34-18-8-3-9-19-34)21-30(28)38-22-23-10-4-1-5-11-23/h1-2,4-7,10-17,20-21H,3,8-9,18-19,22H2,(H,33,35)(H,36,37). The van der Waals surface area contributed by atoms with Gasteiger partial charge in [0, 0.05) is 24.8 Å². The minimum Gasteiger partial charge on any atom is -0.488 e. The van der Waals surface area contributed by atoms with Gasteiger partial charge in [-0.05, 0) is 60.2 Å². The Balaban J connectivity index is 1.46. The van der Waals surface area contributed by atoms with E-state index in [4.69, 9.17) is 4.74 Å². The first-order valence-electron chi connectivity index (χ1n) is 12.9. The summed E-state index contributed by atoms with van der Waals surface area (Å²) in [5, 5.41) is 12.6. The van der Waals surface area contributed by atoms with Gasteiger partial charge in [-0.2, -0.15) is 0 Å². The van der Waals surface area contributed by atoms with E-state index in [-0.39, 0.29) is 11.3 Å². The number of hydrogen-bond acceptors (Lipinski definition) is 4. The summed E-state index contributed by atoms with van der Waals surface area (Å²) in [6, 6.07) is 30.0. The van der Waals surface area contributed by atoms with Gasteiger partial charge in [-0.15, -0.1) is 0 Å². The topological polar surface area (TPSA) is 78.9 Å². The SMILES string of the molecule is O=C(O)c1ccc(-c2ccccc2)cc1NC(=O)c1ccc(N2CCCCC2)cc1OCc1ccccc1. The van der Waals surface area contributed by atoms with Crippen molar-refractivity contribution in [2.24, 2.45) is 0 Å². The number of carbonyl (C=O) groups excluding carboxylic acids is 1. The van der Waals surface area contributed by atoms with Crippen LogP contribution >= 0.6 is 0 Å². The summed E-state index contributed by atoms with van der Waals surface area (Å²) < 4.78 is 6.18. The smallest absolute Gasteiger partial charge is 0.337 e. The average Bonchev–Trinajstić information content (AvgIpc) is 2.97. The Morgan fingerprint density at radius 2 is 1.45 bits per heavy atom. The van der Waals surface area contributed by atoms with Gasteiger partial charge in [0.1, 0.15) is 12.4 Å². The zero-order valence-electron chi connectivity index (χ0n) is 21.1. The highest BCUT2D eigenvalue weighted by Crippen LogP contribution is 2.31. The molecule has 6 nitrogen and oxygen atoms in total. The molecule has 38 heavy (non-hydrogen) atoms. The molecule has 0 unspecified atom stereocenters. The maximum absolute atomic E-state index is 13.6. The number of anilines is 2. The Hall–Kier alpha value is -4.58. The van der Waals surface area contributed by atoms with Gasteiger partial charge in [-0.25, -0.2) is 4.79 Å². The van der Waals surface area contributed by atoms with Crippen LogP contribution < -0.4 is 15.0 Å². The molecule has 1 saturated heterocycles. The molecule has 4 aromatic carbocycles. The lowest BCUT2D eigenvalue weighted by molar-refractivity contribution is 0.0698. The number of aromatic carboxylic acids is 1. The molecule has 1 fully saturated rings. The van der Waals surface area contributed by atoms with Crippen LogP contribution in [0.4, 0.5) is 11.4 Å². The fourth-order valence-electron chi connectivity index (χ4n) is 4.74. The third kappa shape index (κ3) is 5.86. The van der Waals surface area contributed by atoms with Crippen LogP contribution in [0.5, 0.6) is 5.75 Å². The number of rotatable bonds is 8. The van der Waals surface area contributed by atoms with Crippen molar-refractivity contribution >= 4 is 23.3 Å². The fourth-order valence-corrected chi connectivity index (χ4v) is 4.74. The fraction of sp³-hybridized carbons (Fsp3) is 0.188. The van der Waals surface area contributed by atoms with E-state index < -0.39 is 11.9 Å². The summed E-state index contributed by atoms with van der Waals surface area (Å²) in [4.78, 5) is 27.8. The van der Waals surface area contributed by atoms with E-state index in [0.717, 1.165) is 48.3 Å². The predicted octanol–water partition coefficient (Wildman–Crippen LogP) is 6.87. The van der Waals surface area contributed by atoms with Gasteiger partial charge in [-0.3, -0.25) is 4.79 Å². The lowest BCUT2D eigenvalue weighted by atomic mass is 10.0. The van der Waals surface area contributed by atoms with Crippen LogP contribution in [-0.2, 0) is 6.61 Å². The number of nitrogens with zero attached hydrogens (tertiary/aromatic N) is 1. The predicted molar refractivity (Wildman–Crippen MR) is 150 cm³/mol. The Morgan fingerprint density at radius 3 is 2.16 bits per heavy atom. The van der Waals surface area contributed by atoms with Crippen LogP contribution in [0.1, 0.15) is 45.5 Å². The van der Waals surface area contributed by atoms with E-state index in [1.807, 2.05) is 72.8 Å². The number of carboxylic acids is 1. The molecule has 0 bridgehead atoms. The molecular formula is C32H30N2O4. The van der Waals surface area contributed by atoms with Crippen molar-refractivity contribution in [3.05, 3.63) is 114 Å². The first-order chi connectivity index (χ1) is 18.6. The van der Waals surface area contributed by atoms with Gasteiger partial charge < -0.3 is 20.1 Å². The monoisotopic (exact) mass is 506 g/mol. The Kier molecular flexibility index (Phi) is 7.69. The van der Waals surface area contributed by atoms with Gasteiger partial charge in [0.15, 0.2) is 0 Å². The van der Waals surface area contributed by atoms with E-state index in [0.29, 0.717) is 17.9 Å². The minimum absolute atomic E-state index is 0.0229. The molecule has 1 amide bonds. The maximum atomic E-state index is 13.6. The van der Waals surface area contributed by atoms with Crippen LogP contribution in [0.15, 0.2) is 97.1 Å². The quantitative estimate of drug-likeness (QED) is 0.273. The van der Waals surface area contributed by atoms with Crippen LogP contribution in [0.3, 0.4) is 0 Å². The van der Waals surface area contributed by atoms with Crippen molar-refractivity contribution in [2.45, 2.75) is 25.9 Å². The molecule has 1 heterocycles. The average molecular weight is 507 g/mol. The van der Waals surface area contributed by atoms with Gasteiger partial charge in [0.2, 0.25) is 0 Å². The zero-order valence-corrected chi connectivity index (χ0v) is 21.1. The second-order valence-electron chi connectivity index (χ2n) is 9.39. The first-order valence-corrected chi connectivity index (χ1v) is 12.9. The Bertz CT molecular complexity index is 1410. The molecule has 4 aromatic rings. The normalized spacial score (nSPS) is 13.1. The summed E-state index contributed by atoms with van der Waals surface area (Å²) >= 11 is 0. The minimum atomic E-state index is -1.11. The van der Waals surface area contributed by atoms with E-state index in [1.54, 1.807) is 18.2 Å². The summed E-state index contributed by atoms with van der Waals surface area (Å²) in [6.07, 6.45) is 3.50. The number of amides is 1. The number of ether oxygens (including phenoxy) is 1. The van der Waals surface area contributed by atoms with Crippen LogP contribution in [-0.4, -0.2) is 30.1 Å². The molecule has 6 heteroatoms. The molecule has 0 saturated carbocycles. The number of piperidine rings is 1. The molecular weight excluding hydrogens is 476 g/mol. The summed E-state index contributed by atoms with van der Waals surface area (Å²) in [5.41, 5.74) is 4.35. The molecule has 0 aliphatic carbocycles. The highest BCUT2D eigenvalue weighted by atomic mass is 16.5. The van der Waals surface area contributed by atoms with Crippen LogP contribution in [0.25, 0.3) is 11.1 Å². The summed E-state index contributed by atoms with van der Waals surface area (Å²) in [6.45, 7) is 2.25. The van der Waals surface area contributed by atoms with Crippen molar-refractivity contribution in [3.63, 3.8) is 0 Å². The number of hydrogen-bond donors (Lipinski definition) is 2. The third-order valence-corrected chi connectivity index (χ3v) is 6.77. The molecule has 0 atom stereocenters. The van der Waals surface area contributed by atoms with Crippen LogP contribution in [0, 0.1) is 0 Å². The van der Waals surface area contributed by atoms with Gasteiger partial charge in [0.25, 0.3) is 5.91 Å². The second-order valence-corrected chi connectivity index (χ2v) is 9.39. The lowest BCUT2D eigenvalue weighted by Gasteiger charge is -2.29. The molecule has 1 aliphatic heterocycles. The number of benzene rings is 4. The zero-order chi connectivity index (χ0) is 26.3. The van der Waals surface area contributed by atoms with Gasteiger partial charge >= 0.3 is 5.97 Å². The van der Waals surface area contributed by atoms with Crippen molar-refractivity contribution in [1.82, 2.24) is 0 Å². The molecule has 192 valence electrons. The van der Waals surface area contributed by atoms with Crippen molar-refractivity contribution in [1.29, 1.82) is 0 Å². The first kappa shape index (κ1) is 25.1. The van der Waals surface area contributed by atoms with Crippen LogP contribution in [0.2, 0.25) is 0 Å². The van der Waals surface area contributed by atoms with E-state index in [1.165, 1.54) is 12.5 Å². The van der Waals surface area contributed by atoms with E-state index in [9.17, 15) is 14.7 Å². The number of carboxylic acid groups (broad SMARTS) is 1. The molecule has 2 N–H and O–H groups in total. The lowest BCUT2D eigenvalue weighted by Crippen LogP contribution is -2.29. The molecule has 0 spiro atoms. The van der Waals surface area contributed by atoms with Crippen molar-refractivity contribution in [3.8, 4) is 16.9 Å². The maximum Gasteiger partial charge on any atom is 0.337 e. The largest absolute Gasteiger partial charge is 0.488 e. The molecule has 1 aliphatic rings. The second kappa shape index (κ2) is 11.6. The highest BCUT2D eigenvalue weighted by Gasteiger charge is 2.20. The summed E-state index contributed by atoms with van der Waals surface area (Å²) in [5.74, 6) is -1.07. The third-order valence-electron chi connectivity index (χ3n) is 6.77. The number of carbonyl (C=O) groups is 2.